The van der Waals surface area contributed by atoms with Gasteiger partial charge in [0.25, 0.3) is 0 Å². The molecule has 14 heteroatoms. The van der Waals surface area contributed by atoms with Gasteiger partial charge >= 0.3 is 16.4 Å². The molecule has 1 aliphatic carbocycles. The van der Waals surface area contributed by atoms with Crippen LogP contribution in [0, 0.1) is 0 Å². The number of Topliss-reactive ketones (excluding diaryl/α,β-unsaturated/α-hetero) is 1. The van der Waals surface area contributed by atoms with Crippen molar-refractivity contribution in [1.82, 2.24) is 9.55 Å². The summed E-state index contributed by atoms with van der Waals surface area (Å²) in [7, 11) is -3.77. The molecule has 1 aliphatic rings. The molecule has 0 bridgehead atoms. The van der Waals surface area contributed by atoms with Crippen molar-refractivity contribution in [3.05, 3.63) is 148 Å². The Balaban J connectivity index is 1.65. The number of carbonyl (C=O) groups is 2. The lowest BCUT2D eigenvalue weighted by Gasteiger charge is -2.17. The van der Waals surface area contributed by atoms with Gasteiger partial charge in [0.05, 0.1) is 40.2 Å². The van der Waals surface area contributed by atoms with Crippen LogP contribution in [0.5, 0.6) is 28.7 Å². The van der Waals surface area contributed by atoms with E-state index < -0.39 is 22.2 Å². The van der Waals surface area contributed by atoms with Crippen molar-refractivity contribution in [3.8, 4) is 51.0 Å². The van der Waals surface area contributed by atoms with E-state index in [1.807, 2.05) is 4.57 Å². The zero-order valence-electron chi connectivity index (χ0n) is 29.9. The Hall–Kier alpha value is -7.29. The minimum absolute atomic E-state index is 0.0389. The van der Waals surface area contributed by atoms with Gasteiger partial charge < -0.3 is 38.9 Å². The number of hydrogen-bond acceptors (Lipinski definition) is 10. The maximum Gasteiger partial charge on any atom is 0.446 e. The third-order valence-electron chi connectivity index (χ3n) is 9.85. The minimum Gasteiger partial charge on any atom is -0.508 e. The molecule has 0 radical (unpaired) electrons. The average molecular weight is 785 g/mol. The number of aromatic hydroxyl groups is 4. The Kier molecular flexibility index (Phi) is 9.07. The van der Waals surface area contributed by atoms with Crippen LogP contribution in [0.3, 0.4) is 0 Å². The number of aromatic amines is 1. The van der Waals surface area contributed by atoms with Crippen LogP contribution in [0.15, 0.2) is 115 Å². The van der Waals surface area contributed by atoms with Crippen molar-refractivity contribution < 1.29 is 51.9 Å². The van der Waals surface area contributed by atoms with E-state index in [1.165, 1.54) is 55.6 Å². The number of ketones is 1. The highest BCUT2D eigenvalue weighted by molar-refractivity contribution is 7.81. The van der Waals surface area contributed by atoms with Crippen LogP contribution in [0.2, 0.25) is 0 Å². The first-order chi connectivity index (χ1) is 27.3. The van der Waals surface area contributed by atoms with Crippen molar-refractivity contribution in [2.75, 3.05) is 7.11 Å². The molecular weight excluding hydrogens is 753 g/mol. The summed E-state index contributed by atoms with van der Waals surface area (Å²) in [5, 5.41) is 42.1. The smallest absolute Gasteiger partial charge is 0.446 e. The number of H-pyrrole nitrogens is 1. The van der Waals surface area contributed by atoms with Crippen LogP contribution >= 0.6 is 0 Å². The normalized spacial score (nSPS) is 12.9. The number of benzene rings is 5. The SMILES string of the molecule is COC(=O)/C(c1ccc(O)cc1)=c1\c(-c2ccc(O)cc2)c2c(n1CCc1ccc(O)cc1)=C(c1ccc(O)cc1)C(=O)c1[nH]c3c(OS(=O)(=O)O)cccc3c1-2. The second-order valence-corrected chi connectivity index (χ2v) is 14.3. The lowest BCUT2D eigenvalue weighted by Crippen LogP contribution is -2.36. The van der Waals surface area contributed by atoms with E-state index >= 15 is 4.79 Å². The molecular formula is C43H32N2O11S. The molecule has 0 spiro atoms. The van der Waals surface area contributed by atoms with Crippen LogP contribution in [-0.4, -0.2) is 61.8 Å². The number of phenols is 4. The van der Waals surface area contributed by atoms with Crippen molar-refractivity contribution in [3.63, 3.8) is 0 Å². The highest BCUT2D eigenvalue weighted by Crippen LogP contribution is 2.43. The van der Waals surface area contributed by atoms with Crippen LogP contribution in [0.1, 0.15) is 27.2 Å². The number of ether oxygens (including phenoxy) is 1. The summed E-state index contributed by atoms with van der Waals surface area (Å²) in [6.07, 6.45) is 0.331. The average Bonchev–Trinajstić information content (AvgIpc) is 3.73. The number of fused-ring (bicyclic) bond motifs is 5. The van der Waals surface area contributed by atoms with Crippen LogP contribution in [0.25, 0.3) is 44.3 Å². The molecule has 0 atom stereocenters. The monoisotopic (exact) mass is 784 g/mol. The van der Waals surface area contributed by atoms with Crippen LogP contribution in [-0.2, 0) is 32.9 Å². The van der Waals surface area contributed by atoms with E-state index in [4.69, 9.17) is 8.92 Å². The molecule has 0 fully saturated rings. The molecule has 5 aromatic carbocycles. The van der Waals surface area contributed by atoms with Crippen molar-refractivity contribution >= 4 is 44.2 Å². The van der Waals surface area contributed by atoms with Gasteiger partial charge in [-0.05, 0) is 83.3 Å². The van der Waals surface area contributed by atoms with E-state index in [9.17, 15) is 38.2 Å². The zero-order chi connectivity index (χ0) is 40.2. The van der Waals surface area contributed by atoms with Gasteiger partial charge in [-0.25, -0.2) is 4.79 Å². The van der Waals surface area contributed by atoms with E-state index in [-0.39, 0.29) is 57.6 Å². The molecule has 0 unspecified atom stereocenters. The van der Waals surface area contributed by atoms with Crippen LogP contribution in [0.4, 0.5) is 0 Å². The van der Waals surface area contributed by atoms with E-state index in [1.54, 1.807) is 66.7 Å². The Labute approximate surface area is 324 Å². The standard InChI is InChI=1S/C43H32N2O11S/c1-55-43(51)35(26-11-19-30(49)20-12-26)40-33(24-7-15-28(47)16-8-24)37-36-31-3-2-4-32(56-57(52,53)54)38(31)44-39(36)42(50)34(25-9-17-29(48)18-10-25)41(37)45(40)22-21-23-5-13-27(46)14-6-23/h2-20,44,46-49H,21-22H2,1H3,(H,52,53,54)/b40-35+. The number of aryl methyl sites for hydroxylation is 1. The van der Waals surface area contributed by atoms with Gasteiger partial charge in [-0.1, -0.05) is 60.7 Å². The number of rotatable bonds is 9. The number of nitrogens with one attached hydrogen (secondary N) is 1. The van der Waals surface area contributed by atoms with Gasteiger partial charge in [-0.2, -0.15) is 8.42 Å². The number of phenolic OH excluding ortho intramolecular Hbond substituents is 4. The maximum absolute atomic E-state index is 15.1. The second-order valence-electron chi connectivity index (χ2n) is 13.3. The number of hydrogen-bond donors (Lipinski definition) is 6. The molecule has 0 amide bonds. The third kappa shape index (κ3) is 6.62. The van der Waals surface area contributed by atoms with Gasteiger partial charge in [-0.15, -0.1) is 0 Å². The predicted octanol–water partition coefficient (Wildman–Crippen LogP) is 5.32. The molecule has 0 saturated carbocycles. The molecule has 0 saturated heterocycles. The molecule has 7 aromatic rings. The molecule has 8 rings (SSSR count). The van der Waals surface area contributed by atoms with Gasteiger partial charge in [0.15, 0.2) is 5.75 Å². The summed E-state index contributed by atoms with van der Waals surface area (Å²) in [5.74, 6) is -1.63. The third-order valence-corrected chi connectivity index (χ3v) is 10.2. The molecule has 57 heavy (non-hydrogen) atoms. The van der Waals surface area contributed by atoms with Crippen molar-refractivity contribution in [2.24, 2.45) is 0 Å². The van der Waals surface area contributed by atoms with E-state index in [2.05, 4.69) is 4.98 Å². The Morgan fingerprint density at radius 3 is 1.86 bits per heavy atom. The molecule has 0 aliphatic heterocycles. The van der Waals surface area contributed by atoms with Gasteiger partial charge in [0.2, 0.25) is 5.78 Å². The molecule has 13 nitrogen and oxygen atoms in total. The molecule has 2 heterocycles. The fraction of sp³-hybridized carbons (Fsp3) is 0.0698. The quantitative estimate of drug-likeness (QED) is 0.0816. The first kappa shape index (κ1) is 36.7. The number of para-hydroxylation sites is 1. The Morgan fingerprint density at radius 1 is 0.719 bits per heavy atom. The van der Waals surface area contributed by atoms with E-state index in [0.717, 1.165) is 5.56 Å². The van der Waals surface area contributed by atoms with Crippen molar-refractivity contribution in [1.29, 1.82) is 0 Å². The topological polar surface area (TPSA) is 209 Å². The highest BCUT2D eigenvalue weighted by Gasteiger charge is 2.36. The Bertz CT molecular complexity index is 2980. The zero-order valence-corrected chi connectivity index (χ0v) is 30.7. The number of methoxy groups -OCH3 is 1. The second kappa shape index (κ2) is 14.1. The molecule has 286 valence electrons. The lowest BCUT2D eigenvalue weighted by atomic mass is 9.85. The highest BCUT2D eigenvalue weighted by atomic mass is 32.3. The summed E-state index contributed by atoms with van der Waals surface area (Å²) >= 11 is 0. The summed E-state index contributed by atoms with van der Waals surface area (Å²) in [6, 6.07) is 29.3. The maximum atomic E-state index is 15.1. The van der Waals surface area contributed by atoms with Gasteiger partial charge in [-0.3, -0.25) is 9.35 Å². The summed E-state index contributed by atoms with van der Waals surface area (Å²) in [4.78, 5) is 32.4. The number of aromatic nitrogens is 2. The van der Waals surface area contributed by atoms with Crippen molar-refractivity contribution in [2.45, 2.75) is 13.0 Å². The molecule has 6 N–H and O–H groups in total. The molecule has 2 aromatic heterocycles. The summed E-state index contributed by atoms with van der Waals surface area (Å²) in [6.45, 7) is 0.142. The van der Waals surface area contributed by atoms with Crippen LogP contribution < -0.4 is 14.9 Å². The predicted molar refractivity (Wildman–Crippen MR) is 210 cm³/mol. The largest absolute Gasteiger partial charge is 0.508 e. The fourth-order valence-electron chi connectivity index (χ4n) is 7.43. The summed E-state index contributed by atoms with van der Waals surface area (Å²) in [5.41, 5.74) is 3.62. The first-order valence-electron chi connectivity index (χ1n) is 17.4. The number of carbonyl (C=O) groups excluding carboxylic acids is 2. The Morgan fingerprint density at radius 2 is 1.28 bits per heavy atom. The van der Waals surface area contributed by atoms with Gasteiger partial charge in [0.1, 0.15) is 23.0 Å². The lowest BCUT2D eigenvalue weighted by molar-refractivity contribution is -0.133. The van der Waals surface area contributed by atoms with E-state index in [0.29, 0.717) is 55.9 Å². The number of nitrogens with zero attached hydrogens (tertiary/aromatic N) is 1. The van der Waals surface area contributed by atoms with Gasteiger partial charge in [0, 0.05) is 28.6 Å². The summed E-state index contributed by atoms with van der Waals surface area (Å²) < 4.78 is 45.9. The number of esters is 1. The fourth-order valence-corrected chi connectivity index (χ4v) is 7.80. The minimum atomic E-state index is -5.00. The first-order valence-corrected chi connectivity index (χ1v) is 18.8.